The van der Waals surface area contributed by atoms with Crippen molar-refractivity contribution in [3.8, 4) is 22.6 Å². The predicted octanol–water partition coefficient (Wildman–Crippen LogP) is 8.05. The Morgan fingerprint density at radius 2 is 1.47 bits per heavy atom. The number of fused-ring (bicyclic) bond motifs is 2. The number of aromatic nitrogens is 3. The van der Waals surface area contributed by atoms with E-state index in [2.05, 4.69) is 105 Å². The quantitative estimate of drug-likeness (QED) is 0.206. The first kappa shape index (κ1) is 26.6. The second-order valence-corrected chi connectivity index (χ2v) is 12.6. The van der Waals surface area contributed by atoms with Crippen LogP contribution in [0.15, 0.2) is 54.7 Å². The van der Waals surface area contributed by atoms with Crippen molar-refractivity contribution >= 4 is 10.9 Å². The molecule has 0 bridgehead atoms. The molecule has 1 aliphatic rings. The molecule has 0 fully saturated rings. The van der Waals surface area contributed by atoms with Gasteiger partial charge in [-0.15, -0.1) is 34.9 Å². The Kier molecular flexibility index (Phi) is 6.34. The van der Waals surface area contributed by atoms with Gasteiger partial charge >= 0.3 is 0 Å². The van der Waals surface area contributed by atoms with Gasteiger partial charge in [0.1, 0.15) is 0 Å². The molecule has 4 aromatic rings. The van der Waals surface area contributed by atoms with Gasteiger partial charge in [0.15, 0.2) is 5.82 Å². The number of rotatable bonds is 2. The van der Waals surface area contributed by atoms with Gasteiger partial charge in [-0.1, -0.05) is 92.6 Å². The van der Waals surface area contributed by atoms with E-state index in [-0.39, 0.29) is 41.8 Å². The molecule has 189 valence electrons. The predicted molar refractivity (Wildman–Crippen MR) is 146 cm³/mol. The molecule has 0 saturated heterocycles. The van der Waals surface area contributed by atoms with Gasteiger partial charge in [0, 0.05) is 42.7 Å². The Bertz CT molecular complexity index is 1440. The van der Waals surface area contributed by atoms with E-state index in [0.717, 1.165) is 39.2 Å². The van der Waals surface area contributed by atoms with Crippen LogP contribution >= 0.6 is 0 Å². The molecule has 2 aromatic carbocycles. The number of nitrogens with zero attached hydrogens (tertiary/aromatic N) is 3. The molecule has 0 atom stereocenters. The largest absolute Gasteiger partial charge is 0.304 e. The van der Waals surface area contributed by atoms with Crippen LogP contribution in [0.1, 0.15) is 79.1 Å². The molecule has 4 heteroatoms. The normalized spacial score (nSPS) is 17.5. The molecule has 2 aromatic heterocycles. The summed E-state index contributed by atoms with van der Waals surface area (Å²) in [6.45, 7) is 20.8. The van der Waals surface area contributed by atoms with Crippen molar-refractivity contribution in [2.24, 2.45) is 5.41 Å². The minimum Gasteiger partial charge on any atom is -0.304 e. The molecule has 0 aliphatic heterocycles. The van der Waals surface area contributed by atoms with E-state index in [1.165, 1.54) is 11.1 Å². The summed E-state index contributed by atoms with van der Waals surface area (Å²) in [5.41, 5.74) is 7.88. The minimum absolute atomic E-state index is 0. The molecule has 5 rings (SSSR count). The Labute approximate surface area is 229 Å². The first-order chi connectivity index (χ1) is 16.2. The standard InChI is InChI=1S/C32H36N3.Ir/c1-29(2,3)27-22-12-10-11-13-26(22)34-28(35-27)21-15-17-25(33-19-21)20-14-16-23-24(18-20)31(6,7)32(8,9)30(23,4)5;/h10-13,15-19H,1-9H3;/q-1;. The van der Waals surface area contributed by atoms with Crippen molar-refractivity contribution in [3.63, 3.8) is 0 Å². The Balaban J connectivity index is 0.00000304. The molecular formula is C32H36IrN3-. The summed E-state index contributed by atoms with van der Waals surface area (Å²) in [6, 6.07) is 20.4. The van der Waals surface area contributed by atoms with Crippen molar-refractivity contribution < 1.29 is 20.1 Å². The van der Waals surface area contributed by atoms with Crippen LogP contribution in [0.2, 0.25) is 0 Å². The van der Waals surface area contributed by atoms with Crippen LogP contribution in [-0.4, -0.2) is 15.0 Å². The van der Waals surface area contributed by atoms with Crippen LogP contribution in [0, 0.1) is 11.5 Å². The summed E-state index contributed by atoms with van der Waals surface area (Å²) in [5, 5.41) is 1.11. The van der Waals surface area contributed by atoms with Crippen molar-refractivity contribution in [1.29, 1.82) is 0 Å². The third-order valence-corrected chi connectivity index (χ3v) is 9.03. The fraction of sp³-hybridized carbons (Fsp3) is 0.406. The number of benzene rings is 2. The van der Waals surface area contributed by atoms with Crippen LogP contribution in [0.4, 0.5) is 0 Å². The van der Waals surface area contributed by atoms with Crippen LogP contribution in [0.25, 0.3) is 33.5 Å². The first-order valence-electron chi connectivity index (χ1n) is 12.6. The zero-order valence-corrected chi connectivity index (χ0v) is 25.3. The molecule has 3 nitrogen and oxygen atoms in total. The van der Waals surface area contributed by atoms with E-state index in [1.54, 1.807) is 0 Å². The summed E-state index contributed by atoms with van der Waals surface area (Å²) in [4.78, 5) is 14.7. The SMILES string of the molecule is CC(C)(C)c1nc(-c2ccc(-c3[c-]cc4c(c3)C(C)(C)C(C)(C)C4(C)C)nc2)nc2ccccc12.[Ir]. The average Bonchev–Trinajstić information content (AvgIpc) is 2.92. The van der Waals surface area contributed by atoms with Crippen LogP contribution in [0.5, 0.6) is 0 Å². The second-order valence-electron chi connectivity index (χ2n) is 12.6. The molecule has 1 radical (unpaired) electrons. The van der Waals surface area contributed by atoms with Crippen molar-refractivity contribution in [1.82, 2.24) is 15.0 Å². The summed E-state index contributed by atoms with van der Waals surface area (Å²) in [5.74, 6) is 0.718. The van der Waals surface area contributed by atoms with Gasteiger partial charge < -0.3 is 4.98 Å². The summed E-state index contributed by atoms with van der Waals surface area (Å²) < 4.78 is 0. The summed E-state index contributed by atoms with van der Waals surface area (Å²) in [7, 11) is 0. The second kappa shape index (κ2) is 8.57. The molecule has 36 heavy (non-hydrogen) atoms. The number of pyridine rings is 1. The molecule has 0 unspecified atom stereocenters. The molecule has 1 aliphatic carbocycles. The van der Waals surface area contributed by atoms with Gasteiger partial charge in [-0.2, -0.15) is 0 Å². The van der Waals surface area contributed by atoms with E-state index in [4.69, 9.17) is 15.0 Å². The molecule has 0 spiro atoms. The van der Waals surface area contributed by atoms with Gasteiger partial charge in [0.2, 0.25) is 0 Å². The van der Waals surface area contributed by atoms with Gasteiger partial charge in [-0.05, 0) is 28.0 Å². The van der Waals surface area contributed by atoms with Gasteiger partial charge in [0.25, 0.3) is 0 Å². The van der Waals surface area contributed by atoms with Crippen molar-refractivity contribution in [2.75, 3.05) is 0 Å². The van der Waals surface area contributed by atoms with E-state index >= 15 is 0 Å². The fourth-order valence-corrected chi connectivity index (χ4v) is 5.59. The Morgan fingerprint density at radius 3 is 2.11 bits per heavy atom. The van der Waals surface area contributed by atoms with Crippen molar-refractivity contribution in [2.45, 2.75) is 78.6 Å². The fourth-order valence-electron chi connectivity index (χ4n) is 5.59. The van der Waals surface area contributed by atoms with Crippen LogP contribution in [0.3, 0.4) is 0 Å². The maximum Gasteiger partial charge on any atom is 0.161 e. The van der Waals surface area contributed by atoms with E-state index in [0.29, 0.717) is 0 Å². The number of hydrogen-bond donors (Lipinski definition) is 0. The molecular weight excluding hydrogens is 619 g/mol. The maximum atomic E-state index is 4.98. The molecule has 0 saturated carbocycles. The maximum absolute atomic E-state index is 4.98. The first-order valence-corrected chi connectivity index (χ1v) is 12.6. The topological polar surface area (TPSA) is 38.7 Å². The number of para-hydroxylation sites is 1. The molecule has 0 N–H and O–H groups in total. The molecule has 0 amide bonds. The third kappa shape index (κ3) is 3.85. The summed E-state index contributed by atoms with van der Waals surface area (Å²) in [6.07, 6.45) is 1.89. The third-order valence-electron chi connectivity index (χ3n) is 9.03. The molecule has 2 heterocycles. The average molecular weight is 655 g/mol. The van der Waals surface area contributed by atoms with Gasteiger partial charge in [-0.25, -0.2) is 9.97 Å². The number of hydrogen-bond acceptors (Lipinski definition) is 3. The Morgan fingerprint density at radius 1 is 0.806 bits per heavy atom. The smallest absolute Gasteiger partial charge is 0.161 e. The van der Waals surface area contributed by atoms with Gasteiger partial charge in [-0.3, -0.25) is 0 Å². The van der Waals surface area contributed by atoms with Crippen LogP contribution in [-0.2, 0) is 36.4 Å². The van der Waals surface area contributed by atoms with E-state index in [9.17, 15) is 0 Å². The minimum atomic E-state index is -0.0849. The van der Waals surface area contributed by atoms with Crippen LogP contribution < -0.4 is 0 Å². The van der Waals surface area contributed by atoms with Gasteiger partial charge in [0.05, 0.1) is 11.2 Å². The monoisotopic (exact) mass is 655 g/mol. The Hall–Kier alpha value is -2.42. The van der Waals surface area contributed by atoms with E-state index in [1.807, 2.05) is 18.3 Å². The summed E-state index contributed by atoms with van der Waals surface area (Å²) >= 11 is 0. The zero-order valence-electron chi connectivity index (χ0n) is 22.9. The van der Waals surface area contributed by atoms with E-state index < -0.39 is 0 Å². The zero-order chi connectivity index (χ0) is 25.4. The van der Waals surface area contributed by atoms with Crippen molar-refractivity contribution in [3.05, 3.63) is 77.6 Å².